The molecule has 0 fully saturated rings. The number of carbonyl (C=O) groups excluding carboxylic acids is 1. The van der Waals surface area contributed by atoms with E-state index in [0.717, 1.165) is 23.5 Å². The highest BCUT2D eigenvalue weighted by atomic mass is 32.1. The minimum Gasteiger partial charge on any atom is -0.370 e. The maximum atomic E-state index is 10.7. The zero-order valence-corrected chi connectivity index (χ0v) is 9.43. The van der Waals surface area contributed by atoms with Gasteiger partial charge in [0.25, 0.3) is 0 Å². The van der Waals surface area contributed by atoms with E-state index >= 15 is 0 Å². The van der Waals surface area contributed by atoms with Crippen LogP contribution in [0, 0.1) is 5.92 Å². The standard InChI is InChI=1S/C10H16N2OS/c1-3-8-6-14-10(12-8)5-7(2)4-9(11)13/h6-7H,3-5H2,1-2H3,(H2,11,13)/t7-/m1/s1. The molecule has 1 amide bonds. The fourth-order valence-corrected chi connectivity index (χ4v) is 2.36. The molecule has 14 heavy (non-hydrogen) atoms. The average molecular weight is 212 g/mol. The van der Waals surface area contributed by atoms with E-state index in [0.29, 0.717) is 12.3 Å². The molecular formula is C10H16N2OS. The molecule has 0 radical (unpaired) electrons. The molecule has 0 aliphatic carbocycles. The van der Waals surface area contributed by atoms with Gasteiger partial charge in [-0.3, -0.25) is 4.79 Å². The number of aryl methyl sites for hydroxylation is 1. The second-order valence-electron chi connectivity index (χ2n) is 3.57. The lowest BCUT2D eigenvalue weighted by molar-refractivity contribution is -0.118. The van der Waals surface area contributed by atoms with Crippen molar-refractivity contribution in [3.8, 4) is 0 Å². The van der Waals surface area contributed by atoms with Crippen molar-refractivity contribution in [2.45, 2.75) is 33.1 Å². The van der Waals surface area contributed by atoms with Gasteiger partial charge in [0.1, 0.15) is 0 Å². The van der Waals surface area contributed by atoms with Gasteiger partial charge in [-0.25, -0.2) is 4.98 Å². The predicted molar refractivity (Wildman–Crippen MR) is 58.2 cm³/mol. The summed E-state index contributed by atoms with van der Waals surface area (Å²) in [5.74, 6) is 0.0631. The summed E-state index contributed by atoms with van der Waals surface area (Å²) in [6.07, 6.45) is 2.27. The molecule has 0 aromatic carbocycles. The van der Waals surface area contributed by atoms with E-state index in [4.69, 9.17) is 5.73 Å². The van der Waals surface area contributed by atoms with E-state index in [1.807, 2.05) is 6.92 Å². The van der Waals surface area contributed by atoms with Crippen LogP contribution in [-0.4, -0.2) is 10.9 Å². The minimum atomic E-state index is -0.232. The third-order valence-corrected chi connectivity index (χ3v) is 2.95. The highest BCUT2D eigenvalue weighted by Gasteiger charge is 2.09. The largest absolute Gasteiger partial charge is 0.370 e. The smallest absolute Gasteiger partial charge is 0.217 e. The zero-order valence-electron chi connectivity index (χ0n) is 8.62. The van der Waals surface area contributed by atoms with Crippen molar-refractivity contribution in [3.63, 3.8) is 0 Å². The molecule has 0 unspecified atom stereocenters. The third-order valence-electron chi connectivity index (χ3n) is 2.03. The lowest BCUT2D eigenvalue weighted by Crippen LogP contribution is -2.15. The summed E-state index contributed by atoms with van der Waals surface area (Å²) in [6.45, 7) is 4.11. The molecule has 78 valence electrons. The molecule has 3 nitrogen and oxygen atoms in total. The Morgan fingerprint density at radius 3 is 2.93 bits per heavy atom. The molecule has 1 rings (SSSR count). The van der Waals surface area contributed by atoms with Crippen molar-refractivity contribution in [2.75, 3.05) is 0 Å². The Balaban J connectivity index is 2.47. The molecule has 1 heterocycles. The average Bonchev–Trinajstić information content (AvgIpc) is 2.50. The topological polar surface area (TPSA) is 56.0 Å². The van der Waals surface area contributed by atoms with Gasteiger partial charge in [0.15, 0.2) is 0 Å². The molecule has 0 spiro atoms. The number of nitrogens with two attached hydrogens (primary N) is 1. The van der Waals surface area contributed by atoms with Gasteiger partial charge in [-0.15, -0.1) is 11.3 Å². The van der Waals surface area contributed by atoms with Crippen molar-refractivity contribution in [1.29, 1.82) is 0 Å². The van der Waals surface area contributed by atoms with Crippen LogP contribution in [-0.2, 0) is 17.6 Å². The number of rotatable bonds is 5. The summed E-state index contributed by atoms with van der Waals surface area (Å²) in [4.78, 5) is 15.1. The Morgan fingerprint density at radius 2 is 2.43 bits per heavy atom. The second-order valence-corrected chi connectivity index (χ2v) is 4.51. The summed E-state index contributed by atoms with van der Waals surface area (Å²) in [6, 6.07) is 0. The number of thiazole rings is 1. The van der Waals surface area contributed by atoms with E-state index < -0.39 is 0 Å². The first-order chi connectivity index (χ1) is 6.61. The van der Waals surface area contributed by atoms with Crippen molar-refractivity contribution in [3.05, 3.63) is 16.1 Å². The quantitative estimate of drug-likeness (QED) is 0.808. The Kier molecular flexibility index (Phi) is 4.07. The highest BCUT2D eigenvalue weighted by molar-refractivity contribution is 7.09. The van der Waals surface area contributed by atoms with Crippen LogP contribution in [0.5, 0.6) is 0 Å². The first-order valence-electron chi connectivity index (χ1n) is 4.83. The van der Waals surface area contributed by atoms with Crippen molar-refractivity contribution in [1.82, 2.24) is 4.98 Å². The molecule has 1 aromatic rings. The van der Waals surface area contributed by atoms with Crippen LogP contribution < -0.4 is 5.73 Å². The van der Waals surface area contributed by atoms with Crippen molar-refractivity contribution >= 4 is 17.2 Å². The van der Waals surface area contributed by atoms with E-state index in [1.54, 1.807) is 11.3 Å². The number of nitrogens with zero attached hydrogens (tertiary/aromatic N) is 1. The van der Waals surface area contributed by atoms with Crippen molar-refractivity contribution in [2.24, 2.45) is 11.7 Å². The molecule has 0 aliphatic rings. The van der Waals surface area contributed by atoms with E-state index in [1.165, 1.54) is 0 Å². The highest BCUT2D eigenvalue weighted by Crippen LogP contribution is 2.16. The number of hydrogen-bond acceptors (Lipinski definition) is 3. The summed E-state index contributed by atoms with van der Waals surface area (Å²) < 4.78 is 0. The monoisotopic (exact) mass is 212 g/mol. The van der Waals surface area contributed by atoms with Crippen LogP contribution in [0.25, 0.3) is 0 Å². The van der Waals surface area contributed by atoms with Gasteiger partial charge in [-0.2, -0.15) is 0 Å². The van der Waals surface area contributed by atoms with Gasteiger partial charge < -0.3 is 5.73 Å². The molecule has 0 saturated carbocycles. The lowest BCUT2D eigenvalue weighted by atomic mass is 10.0. The van der Waals surface area contributed by atoms with Gasteiger partial charge in [0.2, 0.25) is 5.91 Å². The van der Waals surface area contributed by atoms with Gasteiger partial charge in [0.05, 0.1) is 10.7 Å². The van der Waals surface area contributed by atoms with E-state index in [2.05, 4.69) is 17.3 Å². The summed E-state index contributed by atoms with van der Waals surface area (Å²) in [5, 5.41) is 3.18. The van der Waals surface area contributed by atoms with Crippen molar-refractivity contribution < 1.29 is 4.79 Å². The second kappa shape index (κ2) is 5.10. The van der Waals surface area contributed by atoms with Crippen LogP contribution in [0.3, 0.4) is 0 Å². The number of aromatic nitrogens is 1. The molecule has 0 aliphatic heterocycles. The van der Waals surface area contributed by atoms with Crippen LogP contribution >= 0.6 is 11.3 Å². The summed E-state index contributed by atoms with van der Waals surface area (Å²) in [7, 11) is 0. The first-order valence-corrected chi connectivity index (χ1v) is 5.71. The van der Waals surface area contributed by atoms with Gasteiger partial charge in [0, 0.05) is 18.2 Å². The van der Waals surface area contributed by atoms with Crippen LogP contribution in [0.15, 0.2) is 5.38 Å². The molecule has 2 N–H and O–H groups in total. The van der Waals surface area contributed by atoms with Crippen LogP contribution in [0.2, 0.25) is 0 Å². The van der Waals surface area contributed by atoms with Gasteiger partial charge in [-0.1, -0.05) is 13.8 Å². The number of amides is 1. The Labute approximate surface area is 88.3 Å². The SMILES string of the molecule is CCc1csc(C[C@H](C)CC(N)=O)n1. The summed E-state index contributed by atoms with van der Waals surface area (Å²) in [5.41, 5.74) is 6.26. The van der Waals surface area contributed by atoms with Gasteiger partial charge >= 0.3 is 0 Å². The van der Waals surface area contributed by atoms with Crippen LogP contribution in [0.1, 0.15) is 31.0 Å². The van der Waals surface area contributed by atoms with Crippen LogP contribution in [0.4, 0.5) is 0 Å². The molecule has 0 bridgehead atoms. The number of primary amides is 1. The third kappa shape index (κ3) is 3.46. The fourth-order valence-electron chi connectivity index (χ4n) is 1.32. The molecular weight excluding hydrogens is 196 g/mol. The maximum absolute atomic E-state index is 10.7. The lowest BCUT2D eigenvalue weighted by Gasteiger charge is -2.05. The Morgan fingerprint density at radius 1 is 1.71 bits per heavy atom. The molecule has 1 atom stereocenters. The number of hydrogen-bond donors (Lipinski definition) is 1. The first kappa shape index (κ1) is 11.2. The van der Waals surface area contributed by atoms with Gasteiger partial charge in [-0.05, 0) is 12.3 Å². The minimum absolute atomic E-state index is 0.232. The fraction of sp³-hybridized carbons (Fsp3) is 0.600. The Hall–Kier alpha value is -0.900. The normalized spacial score (nSPS) is 12.7. The predicted octanol–water partition coefficient (Wildman–Crippen LogP) is 1.76. The summed E-state index contributed by atoms with van der Waals surface area (Å²) >= 11 is 1.67. The van der Waals surface area contributed by atoms with E-state index in [9.17, 15) is 4.79 Å². The number of carbonyl (C=O) groups is 1. The zero-order chi connectivity index (χ0) is 10.6. The molecule has 1 aromatic heterocycles. The molecule has 4 heteroatoms. The maximum Gasteiger partial charge on any atom is 0.217 e. The Bertz CT molecular complexity index is 309. The van der Waals surface area contributed by atoms with E-state index in [-0.39, 0.29) is 5.91 Å². The molecule has 0 saturated heterocycles.